The average molecular weight is 327 g/mol. The van der Waals surface area contributed by atoms with Gasteiger partial charge in [-0.05, 0) is 38.1 Å². The number of hydrogen-bond acceptors (Lipinski definition) is 3. The summed E-state index contributed by atoms with van der Waals surface area (Å²) in [4.78, 5) is 2.54. The minimum Gasteiger partial charge on any atom is -0.374 e. The van der Waals surface area contributed by atoms with Gasteiger partial charge in [-0.3, -0.25) is 4.90 Å². The van der Waals surface area contributed by atoms with Crippen LogP contribution in [0.1, 0.15) is 12.5 Å². The SMILES string of the molecule is CNCC1CN(C(C)Cc2ccc(Br)cc2)CCO1. The first-order valence-electron chi connectivity index (χ1n) is 6.93. The molecule has 0 spiro atoms. The summed E-state index contributed by atoms with van der Waals surface area (Å²) in [5.41, 5.74) is 1.40. The average Bonchev–Trinajstić information content (AvgIpc) is 2.42. The van der Waals surface area contributed by atoms with Crippen molar-refractivity contribution >= 4 is 15.9 Å². The van der Waals surface area contributed by atoms with E-state index in [4.69, 9.17) is 4.74 Å². The lowest BCUT2D eigenvalue weighted by Crippen LogP contribution is -2.50. The summed E-state index contributed by atoms with van der Waals surface area (Å²) in [7, 11) is 1.98. The molecular formula is C15H23BrN2O. The minimum atomic E-state index is 0.325. The van der Waals surface area contributed by atoms with Crippen LogP contribution in [0.3, 0.4) is 0 Å². The number of nitrogens with zero attached hydrogens (tertiary/aromatic N) is 1. The molecule has 2 rings (SSSR count). The van der Waals surface area contributed by atoms with Crippen molar-refractivity contribution in [2.24, 2.45) is 0 Å². The van der Waals surface area contributed by atoms with E-state index in [-0.39, 0.29) is 0 Å². The molecule has 1 saturated heterocycles. The van der Waals surface area contributed by atoms with E-state index in [0.29, 0.717) is 12.1 Å². The van der Waals surface area contributed by atoms with Crippen LogP contribution < -0.4 is 5.32 Å². The summed E-state index contributed by atoms with van der Waals surface area (Å²) < 4.78 is 6.90. The number of hydrogen-bond donors (Lipinski definition) is 1. The third-order valence-corrected chi connectivity index (χ3v) is 4.20. The monoisotopic (exact) mass is 326 g/mol. The van der Waals surface area contributed by atoms with Gasteiger partial charge in [0.15, 0.2) is 0 Å². The summed E-state index contributed by atoms with van der Waals surface area (Å²) in [5.74, 6) is 0. The molecule has 1 aromatic rings. The summed E-state index contributed by atoms with van der Waals surface area (Å²) in [6.07, 6.45) is 1.42. The highest BCUT2D eigenvalue weighted by atomic mass is 79.9. The number of nitrogens with one attached hydrogen (secondary N) is 1. The second-order valence-corrected chi connectivity index (χ2v) is 6.14. The number of halogens is 1. The number of morpholine rings is 1. The minimum absolute atomic E-state index is 0.325. The van der Waals surface area contributed by atoms with Crippen molar-refractivity contribution in [3.05, 3.63) is 34.3 Å². The van der Waals surface area contributed by atoms with Crippen molar-refractivity contribution in [3.63, 3.8) is 0 Å². The van der Waals surface area contributed by atoms with E-state index in [9.17, 15) is 0 Å². The van der Waals surface area contributed by atoms with Crippen LogP contribution in [0.4, 0.5) is 0 Å². The number of rotatable bonds is 5. The molecule has 1 fully saturated rings. The lowest BCUT2D eigenvalue weighted by molar-refractivity contribution is -0.0386. The van der Waals surface area contributed by atoms with E-state index in [1.165, 1.54) is 5.56 Å². The maximum Gasteiger partial charge on any atom is 0.0826 e. The quantitative estimate of drug-likeness (QED) is 0.898. The predicted octanol–water partition coefficient (Wildman–Crippen LogP) is 2.30. The van der Waals surface area contributed by atoms with E-state index < -0.39 is 0 Å². The van der Waals surface area contributed by atoms with Gasteiger partial charge < -0.3 is 10.1 Å². The molecule has 19 heavy (non-hydrogen) atoms. The third-order valence-electron chi connectivity index (χ3n) is 3.67. The first-order valence-corrected chi connectivity index (χ1v) is 7.73. The van der Waals surface area contributed by atoms with E-state index in [1.807, 2.05) is 7.05 Å². The Morgan fingerprint density at radius 1 is 1.42 bits per heavy atom. The zero-order chi connectivity index (χ0) is 13.7. The lowest BCUT2D eigenvalue weighted by Gasteiger charge is -2.37. The second kappa shape index (κ2) is 7.39. The fraction of sp³-hybridized carbons (Fsp3) is 0.600. The Balaban J connectivity index is 1.88. The Morgan fingerprint density at radius 3 is 2.84 bits per heavy atom. The Hall–Kier alpha value is -0.420. The molecule has 2 atom stereocenters. The molecule has 0 aliphatic carbocycles. The van der Waals surface area contributed by atoms with Gasteiger partial charge in [-0.2, -0.15) is 0 Å². The molecule has 0 radical (unpaired) electrons. The first kappa shape index (κ1) is 15.0. The molecule has 1 aliphatic heterocycles. The van der Waals surface area contributed by atoms with Crippen LogP contribution in [0.5, 0.6) is 0 Å². The fourth-order valence-electron chi connectivity index (χ4n) is 2.58. The second-order valence-electron chi connectivity index (χ2n) is 5.23. The van der Waals surface area contributed by atoms with E-state index in [0.717, 1.165) is 37.1 Å². The van der Waals surface area contributed by atoms with Crippen LogP contribution >= 0.6 is 15.9 Å². The molecule has 0 bridgehead atoms. The molecular weight excluding hydrogens is 304 g/mol. The number of benzene rings is 1. The molecule has 2 unspecified atom stereocenters. The highest BCUT2D eigenvalue weighted by Gasteiger charge is 2.23. The predicted molar refractivity (Wildman–Crippen MR) is 82.5 cm³/mol. The van der Waals surface area contributed by atoms with Crippen LogP contribution in [-0.2, 0) is 11.2 Å². The zero-order valence-electron chi connectivity index (χ0n) is 11.7. The Morgan fingerprint density at radius 2 is 2.16 bits per heavy atom. The maximum atomic E-state index is 5.75. The molecule has 106 valence electrons. The molecule has 3 nitrogen and oxygen atoms in total. The third kappa shape index (κ3) is 4.56. The summed E-state index contributed by atoms with van der Waals surface area (Å²) in [6.45, 7) is 6.15. The normalized spacial score (nSPS) is 22.4. The van der Waals surface area contributed by atoms with Gasteiger partial charge in [-0.15, -0.1) is 0 Å². The molecule has 1 N–H and O–H groups in total. The molecule has 1 aliphatic rings. The van der Waals surface area contributed by atoms with Gasteiger partial charge in [-0.1, -0.05) is 28.1 Å². The standard InChI is InChI=1S/C15H23BrN2O/c1-12(9-13-3-5-14(16)6-4-13)18-7-8-19-15(11-18)10-17-2/h3-6,12,15,17H,7-11H2,1-2H3. The van der Waals surface area contributed by atoms with Crippen LogP contribution in [0, 0.1) is 0 Å². The van der Waals surface area contributed by atoms with Crippen molar-refractivity contribution in [1.29, 1.82) is 0 Å². The lowest BCUT2D eigenvalue weighted by atomic mass is 10.1. The first-order chi connectivity index (χ1) is 9.19. The van der Waals surface area contributed by atoms with Crippen LogP contribution in [0.15, 0.2) is 28.7 Å². The zero-order valence-corrected chi connectivity index (χ0v) is 13.3. The Kier molecular flexibility index (Phi) is 5.82. The van der Waals surface area contributed by atoms with Gasteiger partial charge in [0.2, 0.25) is 0 Å². The molecule has 4 heteroatoms. The van der Waals surface area contributed by atoms with Crippen LogP contribution in [0.2, 0.25) is 0 Å². The molecule has 1 heterocycles. The summed E-state index contributed by atoms with van der Waals surface area (Å²) >= 11 is 3.48. The topological polar surface area (TPSA) is 24.5 Å². The van der Waals surface area contributed by atoms with Crippen LogP contribution in [0.25, 0.3) is 0 Å². The Bertz CT molecular complexity index is 380. The molecule has 0 aromatic heterocycles. The Labute approximate surface area is 124 Å². The van der Waals surface area contributed by atoms with E-state index in [2.05, 4.69) is 57.3 Å². The molecule has 0 saturated carbocycles. The van der Waals surface area contributed by atoms with Gasteiger partial charge >= 0.3 is 0 Å². The fourth-order valence-corrected chi connectivity index (χ4v) is 2.85. The highest BCUT2D eigenvalue weighted by molar-refractivity contribution is 9.10. The number of ether oxygens (including phenoxy) is 1. The van der Waals surface area contributed by atoms with Gasteiger partial charge in [-0.25, -0.2) is 0 Å². The largest absolute Gasteiger partial charge is 0.374 e. The van der Waals surface area contributed by atoms with Crippen molar-refractivity contribution in [1.82, 2.24) is 10.2 Å². The highest BCUT2D eigenvalue weighted by Crippen LogP contribution is 2.15. The van der Waals surface area contributed by atoms with Crippen molar-refractivity contribution in [2.75, 3.05) is 33.3 Å². The van der Waals surface area contributed by atoms with E-state index >= 15 is 0 Å². The maximum absolute atomic E-state index is 5.75. The smallest absolute Gasteiger partial charge is 0.0826 e. The van der Waals surface area contributed by atoms with E-state index in [1.54, 1.807) is 0 Å². The van der Waals surface area contributed by atoms with Gasteiger partial charge in [0.25, 0.3) is 0 Å². The van der Waals surface area contributed by atoms with Crippen molar-refractivity contribution < 1.29 is 4.74 Å². The van der Waals surface area contributed by atoms with Gasteiger partial charge in [0.05, 0.1) is 12.7 Å². The number of likely N-dealkylation sites (N-methyl/N-ethyl adjacent to an activating group) is 1. The van der Waals surface area contributed by atoms with Crippen molar-refractivity contribution in [3.8, 4) is 0 Å². The van der Waals surface area contributed by atoms with Gasteiger partial charge in [0, 0.05) is 30.1 Å². The summed E-state index contributed by atoms with van der Waals surface area (Å²) in [6, 6.07) is 9.19. The molecule has 1 aromatic carbocycles. The molecule has 0 amide bonds. The van der Waals surface area contributed by atoms with Crippen molar-refractivity contribution in [2.45, 2.75) is 25.5 Å². The van der Waals surface area contributed by atoms with Crippen LogP contribution in [-0.4, -0.2) is 50.3 Å². The van der Waals surface area contributed by atoms with Gasteiger partial charge in [0.1, 0.15) is 0 Å². The summed E-state index contributed by atoms with van der Waals surface area (Å²) in [5, 5.41) is 3.20.